The van der Waals surface area contributed by atoms with E-state index in [1.165, 1.54) is 7.11 Å². The van der Waals surface area contributed by atoms with Crippen molar-refractivity contribution < 1.29 is 23.1 Å². The lowest BCUT2D eigenvalue weighted by Gasteiger charge is -2.23. The van der Waals surface area contributed by atoms with Crippen LogP contribution >= 0.6 is 0 Å². The number of nitrogens with zero attached hydrogens (tertiary/aromatic N) is 1. The molecule has 0 aromatic heterocycles. The first-order valence-electron chi connectivity index (χ1n) is 6.21. The summed E-state index contributed by atoms with van der Waals surface area (Å²) in [6.45, 7) is 1.20. The first-order valence-corrected chi connectivity index (χ1v) is 6.21. The van der Waals surface area contributed by atoms with E-state index < -0.39 is 30.5 Å². The van der Waals surface area contributed by atoms with E-state index >= 15 is 0 Å². The SMILES string of the molecule is COc1ccccc1[C@H](C)NCC(/C(N)=N/O)C(F)(F)F. The number of amidine groups is 1. The first kappa shape index (κ1) is 17.1. The summed E-state index contributed by atoms with van der Waals surface area (Å²) >= 11 is 0. The number of oxime groups is 1. The van der Waals surface area contributed by atoms with Crippen LogP contribution in [0.15, 0.2) is 29.4 Å². The molecule has 21 heavy (non-hydrogen) atoms. The summed E-state index contributed by atoms with van der Waals surface area (Å²) in [4.78, 5) is 0. The topological polar surface area (TPSA) is 79.9 Å². The van der Waals surface area contributed by atoms with Gasteiger partial charge in [0.1, 0.15) is 11.7 Å². The van der Waals surface area contributed by atoms with Crippen molar-refractivity contribution in [1.82, 2.24) is 5.32 Å². The number of nitrogens with one attached hydrogen (secondary N) is 1. The summed E-state index contributed by atoms with van der Waals surface area (Å²) in [7, 11) is 1.49. The van der Waals surface area contributed by atoms with Crippen molar-refractivity contribution in [1.29, 1.82) is 0 Å². The van der Waals surface area contributed by atoms with Gasteiger partial charge in [-0.3, -0.25) is 0 Å². The number of hydrogen-bond donors (Lipinski definition) is 3. The van der Waals surface area contributed by atoms with Crippen LogP contribution in [0.25, 0.3) is 0 Å². The molecule has 1 aromatic carbocycles. The Morgan fingerprint density at radius 1 is 1.43 bits per heavy atom. The molecule has 8 heteroatoms. The predicted octanol–water partition coefficient (Wildman–Crippen LogP) is 2.27. The Morgan fingerprint density at radius 3 is 2.57 bits per heavy atom. The van der Waals surface area contributed by atoms with Gasteiger partial charge in [-0.2, -0.15) is 13.2 Å². The highest BCUT2D eigenvalue weighted by atomic mass is 19.4. The van der Waals surface area contributed by atoms with Gasteiger partial charge in [0, 0.05) is 18.2 Å². The number of alkyl halides is 3. The van der Waals surface area contributed by atoms with Crippen molar-refractivity contribution in [2.24, 2.45) is 16.8 Å². The van der Waals surface area contributed by atoms with Crippen molar-refractivity contribution in [3.63, 3.8) is 0 Å². The average Bonchev–Trinajstić information content (AvgIpc) is 2.45. The minimum Gasteiger partial charge on any atom is -0.496 e. The van der Waals surface area contributed by atoms with Gasteiger partial charge in [0.25, 0.3) is 0 Å². The fourth-order valence-corrected chi connectivity index (χ4v) is 1.89. The van der Waals surface area contributed by atoms with E-state index in [2.05, 4.69) is 10.5 Å². The summed E-state index contributed by atoms with van der Waals surface area (Å²) < 4.78 is 43.6. The molecule has 0 amide bonds. The Hall–Kier alpha value is -1.96. The zero-order chi connectivity index (χ0) is 16.0. The molecule has 1 rings (SSSR count). The predicted molar refractivity (Wildman–Crippen MR) is 72.4 cm³/mol. The summed E-state index contributed by atoms with van der Waals surface area (Å²) in [6.07, 6.45) is -4.59. The van der Waals surface area contributed by atoms with E-state index in [0.717, 1.165) is 5.56 Å². The van der Waals surface area contributed by atoms with E-state index in [9.17, 15) is 13.2 Å². The minimum atomic E-state index is -4.59. The summed E-state index contributed by atoms with van der Waals surface area (Å²) in [6, 6.07) is 6.61. The summed E-state index contributed by atoms with van der Waals surface area (Å²) in [5, 5.41) is 13.6. The van der Waals surface area contributed by atoms with Crippen molar-refractivity contribution >= 4 is 5.84 Å². The molecule has 0 spiro atoms. The number of halogens is 3. The smallest absolute Gasteiger partial charge is 0.400 e. The Bertz CT molecular complexity index is 492. The lowest BCUT2D eigenvalue weighted by Crippen LogP contribution is -2.43. The second-order valence-corrected chi connectivity index (χ2v) is 4.49. The lowest BCUT2D eigenvalue weighted by molar-refractivity contribution is -0.155. The molecule has 4 N–H and O–H groups in total. The van der Waals surface area contributed by atoms with Gasteiger partial charge in [0.15, 0.2) is 5.84 Å². The van der Waals surface area contributed by atoms with E-state index in [0.29, 0.717) is 5.75 Å². The maximum absolute atomic E-state index is 12.8. The quantitative estimate of drug-likeness (QED) is 0.326. The van der Waals surface area contributed by atoms with Crippen LogP contribution in [-0.2, 0) is 0 Å². The third kappa shape index (κ3) is 4.52. The monoisotopic (exact) mass is 305 g/mol. The molecule has 118 valence electrons. The molecule has 0 aliphatic carbocycles. The van der Waals surface area contributed by atoms with Crippen LogP contribution in [0.4, 0.5) is 13.2 Å². The van der Waals surface area contributed by atoms with Gasteiger partial charge in [-0.25, -0.2) is 0 Å². The number of methoxy groups -OCH3 is 1. The van der Waals surface area contributed by atoms with Gasteiger partial charge in [0.2, 0.25) is 0 Å². The third-order valence-corrected chi connectivity index (χ3v) is 3.10. The highest BCUT2D eigenvalue weighted by Crippen LogP contribution is 2.28. The molecule has 0 aliphatic heterocycles. The van der Waals surface area contributed by atoms with Gasteiger partial charge in [-0.05, 0) is 13.0 Å². The Labute approximate surface area is 120 Å². The molecule has 0 heterocycles. The molecule has 0 fully saturated rings. The number of nitrogens with two attached hydrogens (primary N) is 1. The van der Waals surface area contributed by atoms with Crippen molar-refractivity contribution in [3.8, 4) is 5.75 Å². The molecule has 0 saturated heterocycles. The second-order valence-electron chi connectivity index (χ2n) is 4.49. The Kier molecular flexibility index (Phi) is 5.83. The van der Waals surface area contributed by atoms with E-state index in [-0.39, 0.29) is 0 Å². The average molecular weight is 305 g/mol. The van der Waals surface area contributed by atoms with Gasteiger partial charge >= 0.3 is 6.18 Å². The Morgan fingerprint density at radius 2 is 2.05 bits per heavy atom. The molecule has 1 unspecified atom stereocenters. The van der Waals surface area contributed by atoms with Gasteiger partial charge in [-0.1, -0.05) is 23.4 Å². The van der Waals surface area contributed by atoms with Gasteiger partial charge in [0.05, 0.1) is 7.11 Å². The molecule has 0 radical (unpaired) electrons. The van der Waals surface area contributed by atoms with Crippen LogP contribution in [0.1, 0.15) is 18.5 Å². The maximum Gasteiger partial charge on any atom is 0.400 e. The molecule has 1 aromatic rings. The lowest BCUT2D eigenvalue weighted by atomic mass is 10.0. The van der Waals surface area contributed by atoms with Crippen LogP contribution in [0.3, 0.4) is 0 Å². The number of hydrogen-bond acceptors (Lipinski definition) is 4. The van der Waals surface area contributed by atoms with Gasteiger partial charge < -0.3 is 21.0 Å². The standard InChI is InChI=1S/C13H18F3N3O2/c1-8(9-5-3-4-6-11(9)21-2)18-7-10(12(17)19-20)13(14,15)16/h3-6,8,10,18,20H,7H2,1-2H3,(H2,17,19)/t8-,10?/m0/s1. The largest absolute Gasteiger partial charge is 0.496 e. The minimum absolute atomic E-state index is 0.391. The van der Waals surface area contributed by atoms with E-state index in [1.54, 1.807) is 31.2 Å². The number of benzene rings is 1. The number of ether oxygens (including phenoxy) is 1. The van der Waals surface area contributed by atoms with Crippen molar-refractivity contribution in [2.45, 2.75) is 19.1 Å². The maximum atomic E-state index is 12.8. The molecular formula is C13H18F3N3O2. The van der Waals surface area contributed by atoms with Crippen molar-refractivity contribution in [2.75, 3.05) is 13.7 Å². The molecular weight excluding hydrogens is 287 g/mol. The third-order valence-electron chi connectivity index (χ3n) is 3.10. The van der Waals surface area contributed by atoms with Gasteiger partial charge in [-0.15, -0.1) is 0 Å². The van der Waals surface area contributed by atoms with E-state index in [1.807, 2.05) is 0 Å². The summed E-state index contributed by atoms with van der Waals surface area (Å²) in [5.74, 6) is -2.35. The highest BCUT2D eigenvalue weighted by molar-refractivity contribution is 5.83. The fourth-order valence-electron chi connectivity index (χ4n) is 1.89. The second kappa shape index (κ2) is 7.16. The highest BCUT2D eigenvalue weighted by Gasteiger charge is 2.42. The summed E-state index contributed by atoms with van der Waals surface area (Å²) in [5.41, 5.74) is 5.82. The van der Waals surface area contributed by atoms with Crippen LogP contribution in [-0.4, -0.2) is 30.9 Å². The van der Waals surface area contributed by atoms with Crippen LogP contribution in [0, 0.1) is 5.92 Å². The molecule has 2 atom stereocenters. The van der Waals surface area contributed by atoms with E-state index in [4.69, 9.17) is 15.7 Å². The molecule has 5 nitrogen and oxygen atoms in total. The normalized spacial score (nSPS) is 15.6. The molecule has 0 bridgehead atoms. The van der Waals surface area contributed by atoms with Crippen molar-refractivity contribution in [3.05, 3.63) is 29.8 Å². The first-order chi connectivity index (χ1) is 9.81. The zero-order valence-electron chi connectivity index (χ0n) is 11.7. The molecule has 0 saturated carbocycles. The molecule has 0 aliphatic rings. The van der Waals surface area contributed by atoms with Crippen LogP contribution in [0.2, 0.25) is 0 Å². The Balaban J connectivity index is 2.81. The van der Waals surface area contributed by atoms with Crippen LogP contribution in [0.5, 0.6) is 5.75 Å². The fraction of sp³-hybridized carbons (Fsp3) is 0.462. The van der Waals surface area contributed by atoms with Crippen LogP contribution < -0.4 is 15.8 Å². The zero-order valence-corrected chi connectivity index (χ0v) is 11.7. The number of para-hydroxylation sites is 1. The number of rotatable bonds is 6.